The van der Waals surface area contributed by atoms with Gasteiger partial charge in [0.25, 0.3) is 0 Å². The third kappa shape index (κ3) is 6.84. The van der Waals surface area contributed by atoms with Crippen molar-refractivity contribution >= 4 is 11.6 Å². The van der Waals surface area contributed by atoms with Gasteiger partial charge >= 0.3 is 0 Å². The number of hydrogen-bond donors (Lipinski definition) is 1. The Balaban J connectivity index is 2.11. The molecule has 0 radical (unpaired) electrons. The summed E-state index contributed by atoms with van der Waals surface area (Å²) in [7, 11) is 2.10. The number of nitrogens with zero attached hydrogens (tertiary/aromatic N) is 1. The standard InChI is InChI=1S/C14H23ClN2O/c1-12(2)16-8-9-17(3)10-11-18-14-6-4-13(15)5-7-14/h4-7,12,16H,8-11H2,1-3H3. The van der Waals surface area contributed by atoms with Crippen LogP contribution >= 0.6 is 11.6 Å². The van der Waals surface area contributed by atoms with Gasteiger partial charge in [-0.1, -0.05) is 25.4 Å². The van der Waals surface area contributed by atoms with Gasteiger partial charge in [0.2, 0.25) is 0 Å². The molecule has 0 saturated heterocycles. The number of rotatable bonds is 8. The van der Waals surface area contributed by atoms with E-state index in [1.54, 1.807) is 0 Å². The molecule has 3 nitrogen and oxygen atoms in total. The van der Waals surface area contributed by atoms with E-state index in [1.165, 1.54) is 0 Å². The average molecular weight is 271 g/mol. The fourth-order valence-corrected chi connectivity index (χ4v) is 1.63. The lowest BCUT2D eigenvalue weighted by molar-refractivity contribution is 0.236. The van der Waals surface area contributed by atoms with E-state index in [-0.39, 0.29) is 0 Å². The predicted molar refractivity (Wildman–Crippen MR) is 77.6 cm³/mol. The first-order valence-corrected chi connectivity index (χ1v) is 6.76. The van der Waals surface area contributed by atoms with Gasteiger partial charge in [-0.15, -0.1) is 0 Å². The van der Waals surface area contributed by atoms with Crippen molar-refractivity contribution in [2.24, 2.45) is 0 Å². The zero-order valence-electron chi connectivity index (χ0n) is 11.4. The van der Waals surface area contributed by atoms with Crippen LogP contribution in [0.15, 0.2) is 24.3 Å². The molecule has 0 saturated carbocycles. The van der Waals surface area contributed by atoms with Crippen molar-refractivity contribution in [3.05, 3.63) is 29.3 Å². The van der Waals surface area contributed by atoms with Crippen molar-refractivity contribution in [2.75, 3.05) is 33.3 Å². The van der Waals surface area contributed by atoms with Crippen LogP contribution in [0.25, 0.3) is 0 Å². The first-order chi connectivity index (χ1) is 8.58. The molecule has 1 rings (SSSR count). The molecular formula is C14H23ClN2O. The Bertz CT molecular complexity index is 327. The van der Waals surface area contributed by atoms with Gasteiger partial charge in [0.15, 0.2) is 0 Å². The van der Waals surface area contributed by atoms with Gasteiger partial charge in [-0.2, -0.15) is 0 Å². The molecule has 0 aliphatic rings. The van der Waals surface area contributed by atoms with Crippen LogP contribution in [0.2, 0.25) is 5.02 Å². The monoisotopic (exact) mass is 270 g/mol. The molecule has 0 aliphatic heterocycles. The van der Waals surface area contributed by atoms with E-state index < -0.39 is 0 Å². The summed E-state index contributed by atoms with van der Waals surface area (Å²) < 4.78 is 5.64. The second-order valence-corrected chi connectivity index (χ2v) is 5.15. The molecular weight excluding hydrogens is 248 g/mol. The van der Waals surface area contributed by atoms with Gasteiger partial charge in [-0.3, -0.25) is 0 Å². The van der Waals surface area contributed by atoms with E-state index in [1.807, 2.05) is 24.3 Å². The molecule has 0 unspecified atom stereocenters. The Morgan fingerprint density at radius 3 is 2.50 bits per heavy atom. The molecule has 0 spiro atoms. The number of hydrogen-bond acceptors (Lipinski definition) is 3. The van der Waals surface area contributed by atoms with Gasteiger partial charge in [0.1, 0.15) is 12.4 Å². The highest BCUT2D eigenvalue weighted by atomic mass is 35.5. The summed E-state index contributed by atoms with van der Waals surface area (Å²) in [6.07, 6.45) is 0. The maximum Gasteiger partial charge on any atom is 0.119 e. The minimum Gasteiger partial charge on any atom is -0.492 e. The molecule has 0 fully saturated rings. The Morgan fingerprint density at radius 1 is 1.22 bits per heavy atom. The molecule has 1 N–H and O–H groups in total. The summed E-state index contributed by atoms with van der Waals surface area (Å²) in [6, 6.07) is 8.01. The first-order valence-electron chi connectivity index (χ1n) is 6.38. The second-order valence-electron chi connectivity index (χ2n) is 4.71. The lowest BCUT2D eigenvalue weighted by Gasteiger charge is -2.18. The first kappa shape index (κ1) is 15.3. The van der Waals surface area contributed by atoms with Gasteiger partial charge in [0.05, 0.1) is 0 Å². The van der Waals surface area contributed by atoms with E-state index in [2.05, 4.69) is 31.1 Å². The van der Waals surface area contributed by atoms with Crippen molar-refractivity contribution < 1.29 is 4.74 Å². The number of likely N-dealkylation sites (N-methyl/N-ethyl adjacent to an activating group) is 1. The van der Waals surface area contributed by atoms with E-state index in [9.17, 15) is 0 Å². The quantitative estimate of drug-likeness (QED) is 0.786. The molecule has 18 heavy (non-hydrogen) atoms. The highest BCUT2D eigenvalue weighted by Crippen LogP contribution is 2.15. The maximum atomic E-state index is 5.81. The van der Waals surface area contributed by atoms with Crippen LogP contribution in [0.4, 0.5) is 0 Å². The maximum absolute atomic E-state index is 5.81. The molecule has 0 amide bonds. The summed E-state index contributed by atoms with van der Waals surface area (Å²) in [5, 5.41) is 4.13. The van der Waals surface area contributed by atoms with Crippen LogP contribution in [0, 0.1) is 0 Å². The van der Waals surface area contributed by atoms with Crippen LogP contribution in [0.1, 0.15) is 13.8 Å². The van der Waals surface area contributed by atoms with Crippen molar-refractivity contribution in [3.8, 4) is 5.75 Å². The lowest BCUT2D eigenvalue weighted by Crippen LogP contribution is -2.34. The normalized spacial score (nSPS) is 11.2. The zero-order valence-corrected chi connectivity index (χ0v) is 12.2. The van der Waals surface area contributed by atoms with E-state index >= 15 is 0 Å². The molecule has 102 valence electrons. The minimum absolute atomic E-state index is 0.545. The highest BCUT2D eigenvalue weighted by Gasteiger charge is 2.00. The van der Waals surface area contributed by atoms with Crippen LogP contribution < -0.4 is 10.1 Å². The van der Waals surface area contributed by atoms with Crippen LogP contribution in [-0.2, 0) is 0 Å². The Kier molecular flexibility index (Phi) is 7.09. The molecule has 0 aliphatic carbocycles. The van der Waals surface area contributed by atoms with Crippen molar-refractivity contribution in [1.82, 2.24) is 10.2 Å². The fourth-order valence-electron chi connectivity index (χ4n) is 1.51. The second kappa shape index (κ2) is 8.35. The van der Waals surface area contributed by atoms with Crippen molar-refractivity contribution in [3.63, 3.8) is 0 Å². The zero-order chi connectivity index (χ0) is 13.4. The highest BCUT2D eigenvalue weighted by molar-refractivity contribution is 6.30. The van der Waals surface area contributed by atoms with Crippen LogP contribution in [-0.4, -0.2) is 44.2 Å². The lowest BCUT2D eigenvalue weighted by atomic mass is 10.3. The minimum atomic E-state index is 0.545. The third-order valence-electron chi connectivity index (χ3n) is 2.60. The summed E-state index contributed by atoms with van der Waals surface area (Å²) in [5.74, 6) is 0.869. The molecule has 0 atom stereocenters. The smallest absolute Gasteiger partial charge is 0.119 e. The van der Waals surface area contributed by atoms with Gasteiger partial charge in [-0.25, -0.2) is 0 Å². The predicted octanol–water partition coefficient (Wildman–Crippen LogP) is 2.65. The molecule has 0 heterocycles. The van der Waals surface area contributed by atoms with Gasteiger partial charge in [0, 0.05) is 30.7 Å². The summed E-state index contributed by atoms with van der Waals surface area (Å²) in [4.78, 5) is 2.26. The largest absolute Gasteiger partial charge is 0.492 e. The van der Waals surface area contributed by atoms with Gasteiger partial charge < -0.3 is 15.0 Å². The average Bonchev–Trinajstić information content (AvgIpc) is 2.31. The Morgan fingerprint density at radius 2 is 1.89 bits per heavy atom. The summed E-state index contributed by atoms with van der Waals surface area (Å²) >= 11 is 5.81. The summed E-state index contributed by atoms with van der Waals surface area (Å²) in [6.45, 7) is 7.97. The van der Waals surface area contributed by atoms with Gasteiger partial charge in [-0.05, 0) is 31.3 Å². The van der Waals surface area contributed by atoms with Crippen molar-refractivity contribution in [1.29, 1.82) is 0 Å². The number of nitrogens with one attached hydrogen (secondary N) is 1. The van der Waals surface area contributed by atoms with E-state index in [4.69, 9.17) is 16.3 Å². The molecule has 1 aromatic carbocycles. The molecule has 0 aromatic heterocycles. The van der Waals surface area contributed by atoms with Crippen LogP contribution in [0.3, 0.4) is 0 Å². The van der Waals surface area contributed by atoms with E-state index in [0.717, 1.165) is 30.4 Å². The number of benzene rings is 1. The van der Waals surface area contributed by atoms with Crippen molar-refractivity contribution in [2.45, 2.75) is 19.9 Å². The fraction of sp³-hybridized carbons (Fsp3) is 0.571. The van der Waals surface area contributed by atoms with E-state index in [0.29, 0.717) is 12.6 Å². The molecule has 1 aromatic rings. The summed E-state index contributed by atoms with van der Waals surface area (Å²) in [5.41, 5.74) is 0. The Hall–Kier alpha value is -0.770. The third-order valence-corrected chi connectivity index (χ3v) is 2.85. The van der Waals surface area contributed by atoms with Crippen LogP contribution in [0.5, 0.6) is 5.75 Å². The number of halogens is 1. The number of ether oxygens (including phenoxy) is 1. The Labute approximate surface area is 115 Å². The molecule has 4 heteroatoms. The SMILES string of the molecule is CC(C)NCCN(C)CCOc1ccc(Cl)cc1. The topological polar surface area (TPSA) is 24.5 Å². The molecule has 0 bridgehead atoms.